The molecule has 3 aromatic carbocycles. The molecule has 0 atom stereocenters. The molecule has 0 fully saturated rings. The fourth-order valence-electron chi connectivity index (χ4n) is 3.08. The predicted octanol–water partition coefficient (Wildman–Crippen LogP) is 4.97. The second-order valence-electron chi connectivity index (χ2n) is 7.18. The minimum absolute atomic E-state index is 0.0239. The van der Waals surface area contributed by atoms with E-state index in [-0.39, 0.29) is 4.90 Å². The van der Waals surface area contributed by atoms with E-state index in [1.807, 2.05) is 61.5 Å². The van der Waals surface area contributed by atoms with Gasteiger partial charge in [0.15, 0.2) is 0 Å². The zero-order chi connectivity index (χ0) is 23.3. The third-order valence-corrected chi connectivity index (χ3v) is 5.67. The number of sulfonamides is 1. The van der Waals surface area contributed by atoms with Crippen LogP contribution in [0.3, 0.4) is 0 Å². The van der Waals surface area contributed by atoms with Crippen LogP contribution in [0.2, 0.25) is 0 Å². The van der Waals surface area contributed by atoms with Crippen LogP contribution >= 0.6 is 0 Å². The van der Waals surface area contributed by atoms with Crippen LogP contribution in [0.1, 0.15) is 12.5 Å². The molecule has 8 nitrogen and oxygen atoms in total. The number of rotatable bonds is 8. The molecular weight excluding hydrogens is 438 g/mol. The Balaban J connectivity index is 1.51. The monoisotopic (exact) mass is 461 g/mol. The molecule has 4 rings (SSSR count). The second kappa shape index (κ2) is 9.68. The van der Waals surface area contributed by atoms with Crippen LogP contribution in [0.15, 0.2) is 90.0 Å². The van der Waals surface area contributed by atoms with Crippen molar-refractivity contribution < 1.29 is 13.2 Å². The fourth-order valence-corrected chi connectivity index (χ4v) is 3.64. The van der Waals surface area contributed by atoms with Gasteiger partial charge in [-0.15, -0.1) is 0 Å². The number of hydrogen-bond donors (Lipinski definition) is 3. The van der Waals surface area contributed by atoms with Crippen LogP contribution in [-0.2, 0) is 16.4 Å². The lowest BCUT2D eigenvalue weighted by Gasteiger charge is -2.13. The topological polar surface area (TPSA) is 119 Å². The molecule has 1 heterocycles. The smallest absolute Gasteiger partial charge is 0.238 e. The Hall–Kier alpha value is -3.95. The van der Waals surface area contributed by atoms with Crippen molar-refractivity contribution in [3.05, 3.63) is 90.6 Å². The summed E-state index contributed by atoms with van der Waals surface area (Å²) < 4.78 is 29.1. The SMILES string of the molecule is CCc1cnc(Nc2ccc(Oc3ccccc3)cc2)nc1Nc1cccc(S(N)(=O)=O)c1. The Morgan fingerprint density at radius 3 is 2.30 bits per heavy atom. The predicted molar refractivity (Wildman–Crippen MR) is 129 cm³/mol. The first-order chi connectivity index (χ1) is 15.9. The van der Waals surface area contributed by atoms with Gasteiger partial charge in [-0.1, -0.05) is 31.2 Å². The van der Waals surface area contributed by atoms with Gasteiger partial charge >= 0.3 is 0 Å². The lowest BCUT2D eigenvalue weighted by atomic mass is 10.2. The van der Waals surface area contributed by atoms with E-state index >= 15 is 0 Å². The third-order valence-electron chi connectivity index (χ3n) is 4.76. The molecule has 0 radical (unpaired) electrons. The highest BCUT2D eigenvalue weighted by Gasteiger charge is 2.11. The maximum atomic E-state index is 11.6. The van der Waals surface area contributed by atoms with Crippen molar-refractivity contribution in [3.63, 3.8) is 0 Å². The van der Waals surface area contributed by atoms with Gasteiger partial charge in [0.05, 0.1) is 4.90 Å². The number of nitrogens with two attached hydrogens (primary N) is 1. The number of nitrogens with zero attached hydrogens (tertiary/aromatic N) is 2. The molecule has 0 aliphatic rings. The minimum atomic E-state index is -3.80. The maximum Gasteiger partial charge on any atom is 0.238 e. The summed E-state index contributed by atoms with van der Waals surface area (Å²) in [4.78, 5) is 8.98. The van der Waals surface area contributed by atoms with Crippen LogP contribution in [0, 0.1) is 0 Å². The second-order valence-corrected chi connectivity index (χ2v) is 8.74. The van der Waals surface area contributed by atoms with Crippen molar-refractivity contribution in [2.75, 3.05) is 10.6 Å². The molecule has 4 N–H and O–H groups in total. The molecule has 0 saturated heterocycles. The van der Waals surface area contributed by atoms with E-state index in [0.29, 0.717) is 29.6 Å². The Kier molecular flexibility index (Phi) is 6.53. The summed E-state index contributed by atoms with van der Waals surface area (Å²) in [6.07, 6.45) is 2.43. The molecule has 9 heteroatoms. The highest BCUT2D eigenvalue weighted by molar-refractivity contribution is 7.89. The molecule has 1 aromatic heterocycles. The van der Waals surface area contributed by atoms with Crippen LogP contribution in [0.5, 0.6) is 11.5 Å². The van der Waals surface area contributed by atoms with Gasteiger partial charge in [0.1, 0.15) is 17.3 Å². The Morgan fingerprint density at radius 1 is 0.879 bits per heavy atom. The van der Waals surface area contributed by atoms with Gasteiger partial charge in [0.25, 0.3) is 0 Å². The van der Waals surface area contributed by atoms with Gasteiger partial charge in [-0.3, -0.25) is 0 Å². The number of nitrogens with one attached hydrogen (secondary N) is 2. The summed E-state index contributed by atoms with van der Waals surface area (Å²) in [5, 5.41) is 11.6. The minimum Gasteiger partial charge on any atom is -0.457 e. The molecule has 0 amide bonds. The average molecular weight is 462 g/mol. The lowest BCUT2D eigenvalue weighted by Crippen LogP contribution is -2.12. The summed E-state index contributed by atoms with van der Waals surface area (Å²) in [5.41, 5.74) is 2.23. The Morgan fingerprint density at radius 2 is 1.61 bits per heavy atom. The van der Waals surface area contributed by atoms with Crippen molar-refractivity contribution in [3.8, 4) is 11.5 Å². The summed E-state index contributed by atoms with van der Waals surface area (Å²) >= 11 is 0. The molecule has 33 heavy (non-hydrogen) atoms. The average Bonchev–Trinajstić information content (AvgIpc) is 2.81. The fraction of sp³-hybridized carbons (Fsp3) is 0.0833. The molecule has 4 aromatic rings. The lowest BCUT2D eigenvalue weighted by molar-refractivity contribution is 0.483. The quantitative estimate of drug-likeness (QED) is 0.339. The summed E-state index contributed by atoms with van der Waals surface area (Å²) in [6.45, 7) is 1.99. The Labute approximate surface area is 192 Å². The molecule has 0 aliphatic carbocycles. The normalized spacial score (nSPS) is 11.1. The summed E-state index contributed by atoms with van der Waals surface area (Å²) in [6, 6.07) is 23.3. The Bertz CT molecular complexity index is 1340. The number of aromatic nitrogens is 2. The maximum absolute atomic E-state index is 11.6. The van der Waals surface area contributed by atoms with Gasteiger partial charge in [-0.05, 0) is 61.0 Å². The van der Waals surface area contributed by atoms with E-state index in [9.17, 15) is 8.42 Å². The number of hydrogen-bond acceptors (Lipinski definition) is 7. The number of para-hydroxylation sites is 1. The van der Waals surface area contributed by atoms with Gasteiger partial charge in [0.2, 0.25) is 16.0 Å². The van der Waals surface area contributed by atoms with E-state index in [0.717, 1.165) is 17.0 Å². The third kappa shape index (κ3) is 5.85. The van der Waals surface area contributed by atoms with Crippen LogP contribution in [-0.4, -0.2) is 18.4 Å². The molecule has 0 bridgehead atoms. The van der Waals surface area contributed by atoms with Crippen LogP contribution < -0.4 is 20.5 Å². The van der Waals surface area contributed by atoms with Gasteiger partial charge in [-0.2, -0.15) is 4.98 Å². The highest BCUT2D eigenvalue weighted by atomic mass is 32.2. The first-order valence-electron chi connectivity index (χ1n) is 10.3. The van der Waals surface area contributed by atoms with Crippen molar-refractivity contribution in [2.24, 2.45) is 5.14 Å². The number of primary sulfonamides is 1. The van der Waals surface area contributed by atoms with Gasteiger partial charge < -0.3 is 15.4 Å². The van der Waals surface area contributed by atoms with E-state index in [4.69, 9.17) is 9.88 Å². The molecule has 0 aliphatic heterocycles. The van der Waals surface area contributed by atoms with E-state index in [1.54, 1.807) is 18.3 Å². The van der Waals surface area contributed by atoms with E-state index in [1.165, 1.54) is 12.1 Å². The summed E-state index contributed by atoms with van der Waals surface area (Å²) in [5.74, 6) is 2.45. The number of aryl methyl sites for hydroxylation is 1. The molecule has 168 valence electrons. The van der Waals surface area contributed by atoms with Crippen molar-refractivity contribution >= 4 is 33.2 Å². The molecule has 0 unspecified atom stereocenters. The number of benzene rings is 3. The first kappa shape index (κ1) is 22.3. The van der Waals surface area contributed by atoms with Gasteiger partial charge in [0, 0.05) is 23.1 Å². The van der Waals surface area contributed by atoms with Gasteiger partial charge in [-0.25, -0.2) is 18.5 Å². The van der Waals surface area contributed by atoms with Crippen molar-refractivity contribution in [1.82, 2.24) is 9.97 Å². The molecule has 0 saturated carbocycles. The summed E-state index contributed by atoms with van der Waals surface area (Å²) in [7, 11) is -3.80. The van der Waals surface area contributed by atoms with Crippen molar-refractivity contribution in [1.29, 1.82) is 0 Å². The van der Waals surface area contributed by atoms with Crippen LogP contribution in [0.4, 0.5) is 23.1 Å². The zero-order valence-corrected chi connectivity index (χ0v) is 18.7. The first-order valence-corrected chi connectivity index (χ1v) is 11.8. The van der Waals surface area contributed by atoms with E-state index in [2.05, 4.69) is 20.6 Å². The molecular formula is C24H23N5O3S. The number of anilines is 4. The zero-order valence-electron chi connectivity index (χ0n) is 17.9. The molecule has 0 spiro atoms. The van der Waals surface area contributed by atoms with Crippen molar-refractivity contribution in [2.45, 2.75) is 18.2 Å². The highest BCUT2D eigenvalue weighted by Crippen LogP contribution is 2.26. The number of ether oxygens (including phenoxy) is 1. The van der Waals surface area contributed by atoms with Crippen LogP contribution in [0.25, 0.3) is 0 Å². The van der Waals surface area contributed by atoms with E-state index < -0.39 is 10.0 Å². The standard InChI is InChI=1S/C24H23N5O3S/c1-2-17-16-26-24(29-23(17)27-19-7-6-10-22(15-19)33(25,30)31)28-18-11-13-21(14-12-18)32-20-8-4-3-5-9-20/h3-16H,2H2,1H3,(H2,25,30,31)(H2,26,27,28,29). The largest absolute Gasteiger partial charge is 0.457 e.